The molecule has 1 aromatic carbocycles. The van der Waals surface area contributed by atoms with Crippen LogP contribution in [0.1, 0.15) is 39.0 Å². The van der Waals surface area contributed by atoms with E-state index in [9.17, 15) is 4.21 Å². The number of benzene rings is 1. The van der Waals surface area contributed by atoms with E-state index in [0.29, 0.717) is 29.2 Å². The predicted octanol–water partition coefficient (Wildman–Crippen LogP) is 4.34. The van der Waals surface area contributed by atoms with Crippen LogP contribution >= 0.6 is 11.6 Å². The largest absolute Gasteiger partial charge is 0.344 e. The third-order valence-electron chi connectivity index (χ3n) is 6.77. The zero-order valence-electron chi connectivity index (χ0n) is 15.0. The zero-order valence-corrected chi connectivity index (χ0v) is 16.6. The standard InChI is InChI=1S/C20H25ClO4S/c1-19(12-26(22)18-4-2-17(21)3-5-18)11-23-20(25-24-19)15-7-13-6-14(9-15)10-16(20)8-13/h2-5,13-16H,6-12H2,1H3. The fourth-order valence-electron chi connectivity index (χ4n) is 5.70. The molecule has 0 N–H and O–H groups in total. The number of halogens is 1. The van der Waals surface area contributed by atoms with Crippen molar-refractivity contribution in [1.29, 1.82) is 0 Å². The average Bonchev–Trinajstić information content (AvgIpc) is 2.61. The Morgan fingerprint density at radius 2 is 1.65 bits per heavy atom. The summed E-state index contributed by atoms with van der Waals surface area (Å²) in [5.74, 6) is 2.37. The summed E-state index contributed by atoms with van der Waals surface area (Å²) < 4.78 is 19.1. The first kappa shape index (κ1) is 17.6. The molecule has 26 heavy (non-hydrogen) atoms. The Kier molecular flexibility index (Phi) is 4.26. The molecule has 0 radical (unpaired) electrons. The van der Waals surface area contributed by atoms with Gasteiger partial charge in [-0.05, 0) is 75.1 Å². The maximum Gasteiger partial charge on any atom is 0.207 e. The Labute approximate surface area is 161 Å². The summed E-state index contributed by atoms with van der Waals surface area (Å²) in [4.78, 5) is 12.7. The minimum Gasteiger partial charge on any atom is -0.344 e. The fraction of sp³-hybridized carbons (Fsp3) is 0.700. The van der Waals surface area contributed by atoms with Crippen molar-refractivity contribution in [3.05, 3.63) is 29.3 Å². The molecular formula is C20H25ClO4S. The summed E-state index contributed by atoms with van der Waals surface area (Å²) in [6, 6.07) is 7.11. The van der Waals surface area contributed by atoms with Crippen LogP contribution < -0.4 is 0 Å². The molecule has 0 aromatic heterocycles. The molecule has 6 heteroatoms. The molecule has 4 nitrogen and oxygen atoms in total. The third kappa shape index (κ3) is 2.87. The molecule has 5 aliphatic rings. The van der Waals surface area contributed by atoms with Crippen LogP contribution in [0.5, 0.6) is 0 Å². The van der Waals surface area contributed by atoms with Crippen LogP contribution in [0.2, 0.25) is 5.02 Å². The van der Waals surface area contributed by atoms with Crippen molar-refractivity contribution in [3.63, 3.8) is 0 Å². The summed E-state index contributed by atoms with van der Waals surface area (Å²) in [6.45, 7) is 2.35. The lowest BCUT2D eigenvalue weighted by Crippen LogP contribution is -2.65. The van der Waals surface area contributed by atoms with Crippen molar-refractivity contribution in [1.82, 2.24) is 0 Å². The quantitative estimate of drug-likeness (QED) is 0.713. The van der Waals surface area contributed by atoms with Crippen molar-refractivity contribution >= 4 is 22.4 Å². The van der Waals surface area contributed by atoms with E-state index in [0.717, 1.165) is 16.7 Å². The van der Waals surface area contributed by atoms with Crippen LogP contribution in [0.3, 0.4) is 0 Å². The molecule has 4 bridgehead atoms. The highest BCUT2D eigenvalue weighted by Crippen LogP contribution is 2.61. The van der Waals surface area contributed by atoms with Gasteiger partial charge < -0.3 is 4.74 Å². The molecule has 142 valence electrons. The van der Waals surface area contributed by atoms with E-state index < -0.39 is 22.2 Å². The van der Waals surface area contributed by atoms with Gasteiger partial charge in [-0.15, -0.1) is 0 Å². The van der Waals surface area contributed by atoms with E-state index in [2.05, 4.69) is 0 Å². The van der Waals surface area contributed by atoms with Gasteiger partial charge in [0.15, 0.2) is 0 Å². The predicted molar refractivity (Wildman–Crippen MR) is 99.0 cm³/mol. The van der Waals surface area contributed by atoms with E-state index in [1.807, 2.05) is 6.92 Å². The van der Waals surface area contributed by atoms with Gasteiger partial charge in [0.1, 0.15) is 5.60 Å². The number of rotatable bonds is 3. The molecule has 1 spiro atoms. The lowest BCUT2D eigenvalue weighted by molar-refractivity contribution is -0.540. The molecule has 4 aliphatic carbocycles. The van der Waals surface area contributed by atoms with Crippen LogP contribution in [0, 0.1) is 23.7 Å². The van der Waals surface area contributed by atoms with Crippen LogP contribution in [-0.4, -0.2) is 28.0 Å². The topological polar surface area (TPSA) is 44.8 Å². The van der Waals surface area contributed by atoms with Gasteiger partial charge in [-0.25, -0.2) is 4.89 Å². The summed E-state index contributed by atoms with van der Waals surface area (Å²) in [5.41, 5.74) is -0.704. The maximum absolute atomic E-state index is 12.7. The number of ether oxygens (including phenoxy) is 1. The highest BCUT2D eigenvalue weighted by atomic mass is 35.5. The van der Waals surface area contributed by atoms with Gasteiger partial charge in [-0.2, -0.15) is 4.89 Å². The Morgan fingerprint density at radius 3 is 2.19 bits per heavy atom. The zero-order chi connectivity index (χ0) is 17.9. The number of hydrogen-bond acceptors (Lipinski definition) is 4. The molecule has 0 amide bonds. The Morgan fingerprint density at radius 1 is 1.04 bits per heavy atom. The highest BCUT2D eigenvalue weighted by Gasteiger charge is 2.62. The minimum atomic E-state index is -1.19. The first-order valence-corrected chi connectivity index (χ1v) is 11.3. The Bertz CT molecular complexity index is 681. The van der Waals surface area contributed by atoms with Crippen LogP contribution in [-0.2, 0) is 25.3 Å². The van der Waals surface area contributed by atoms with Crippen molar-refractivity contribution in [2.24, 2.45) is 23.7 Å². The molecule has 2 atom stereocenters. The number of hydrogen-bond donors (Lipinski definition) is 0. The Balaban J connectivity index is 1.27. The van der Waals surface area contributed by atoms with E-state index in [1.54, 1.807) is 24.3 Å². The van der Waals surface area contributed by atoms with Gasteiger partial charge in [0.05, 0.1) is 23.2 Å². The molecular weight excluding hydrogens is 372 g/mol. The van der Waals surface area contributed by atoms with E-state index in [1.165, 1.54) is 32.1 Å². The van der Waals surface area contributed by atoms with E-state index >= 15 is 0 Å². The lowest BCUT2D eigenvalue weighted by atomic mass is 9.53. The molecule has 1 heterocycles. The summed E-state index contributed by atoms with van der Waals surface area (Å²) in [7, 11) is -1.19. The highest BCUT2D eigenvalue weighted by molar-refractivity contribution is 7.85. The van der Waals surface area contributed by atoms with E-state index in [-0.39, 0.29) is 0 Å². The van der Waals surface area contributed by atoms with Gasteiger partial charge in [0.25, 0.3) is 0 Å². The average molecular weight is 397 g/mol. The molecule has 1 aliphatic heterocycles. The summed E-state index contributed by atoms with van der Waals surface area (Å²) in [6.07, 6.45) is 6.18. The van der Waals surface area contributed by atoms with Gasteiger partial charge in [0.2, 0.25) is 5.79 Å². The lowest BCUT2D eigenvalue weighted by Gasteiger charge is -2.61. The SMILES string of the molecule is CC1(CS(=O)c2ccc(Cl)cc2)COC2(OO1)C1CC3CC(C1)CC2C3. The normalized spacial score (nSPS) is 45.2. The molecule has 4 saturated carbocycles. The molecule has 5 fully saturated rings. The fourth-order valence-corrected chi connectivity index (χ4v) is 7.12. The van der Waals surface area contributed by atoms with Crippen molar-refractivity contribution < 1.29 is 18.7 Å². The van der Waals surface area contributed by atoms with Crippen molar-refractivity contribution in [3.8, 4) is 0 Å². The first-order valence-electron chi connectivity index (χ1n) is 9.60. The van der Waals surface area contributed by atoms with Gasteiger partial charge >= 0.3 is 0 Å². The van der Waals surface area contributed by atoms with Gasteiger partial charge in [-0.1, -0.05) is 11.6 Å². The second-order valence-electron chi connectivity index (χ2n) is 8.87. The monoisotopic (exact) mass is 396 g/mol. The first-order chi connectivity index (χ1) is 12.5. The van der Waals surface area contributed by atoms with Gasteiger partial charge in [-0.3, -0.25) is 4.21 Å². The maximum atomic E-state index is 12.7. The van der Waals surface area contributed by atoms with Crippen LogP contribution in [0.15, 0.2) is 29.2 Å². The third-order valence-corrected chi connectivity index (χ3v) is 8.69. The van der Waals surface area contributed by atoms with Crippen LogP contribution in [0.4, 0.5) is 0 Å². The molecule has 6 rings (SSSR count). The summed E-state index contributed by atoms with van der Waals surface area (Å²) in [5, 5.41) is 0.640. The van der Waals surface area contributed by atoms with Crippen molar-refractivity contribution in [2.75, 3.05) is 12.4 Å². The van der Waals surface area contributed by atoms with Crippen molar-refractivity contribution in [2.45, 2.75) is 55.3 Å². The summed E-state index contributed by atoms with van der Waals surface area (Å²) >= 11 is 5.91. The molecule has 1 aromatic rings. The van der Waals surface area contributed by atoms with Crippen LogP contribution in [0.25, 0.3) is 0 Å². The van der Waals surface area contributed by atoms with Gasteiger partial charge in [0, 0.05) is 21.8 Å². The second-order valence-corrected chi connectivity index (χ2v) is 10.8. The smallest absolute Gasteiger partial charge is 0.207 e. The molecule has 1 saturated heterocycles. The van der Waals surface area contributed by atoms with E-state index in [4.69, 9.17) is 26.1 Å². The molecule has 2 unspecified atom stereocenters. The Hall–Kier alpha value is -0.460. The minimum absolute atomic E-state index is 0.339. The second kappa shape index (κ2) is 6.28.